The minimum Gasteiger partial charge on any atom is -0.478 e. The molecule has 0 spiro atoms. The summed E-state index contributed by atoms with van der Waals surface area (Å²) in [6, 6.07) is 4.95. The van der Waals surface area contributed by atoms with E-state index in [-0.39, 0.29) is 17.0 Å². The highest BCUT2D eigenvalue weighted by atomic mass is 16.6. The molecular weight excluding hydrogens is 342 g/mol. The third-order valence-electron chi connectivity index (χ3n) is 3.04. The maximum atomic E-state index is 12.6. The van der Waals surface area contributed by atoms with Gasteiger partial charge in [-0.3, -0.25) is 10.1 Å². The van der Waals surface area contributed by atoms with Crippen LogP contribution >= 0.6 is 0 Å². The molecule has 0 aliphatic heterocycles. The molecule has 0 fully saturated rings. The lowest BCUT2D eigenvalue weighted by Crippen LogP contribution is -2.31. The highest BCUT2D eigenvalue weighted by molar-refractivity contribution is 5.99. The van der Waals surface area contributed by atoms with Gasteiger partial charge in [0.15, 0.2) is 0 Å². The highest BCUT2D eigenvalue weighted by Crippen LogP contribution is 2.31. The van der Waals surface area contributed by atoms with Gasteiger partial charge in [-0.1, -0.05) is 20.8 Å². The van der Waals surface area contributed by atoms with Gasteiger partial charge in [-0.15, -0.1) is 0 Å². The van der Waals surface area contributed by atoms with Crippen LogP contribution in [0.3, 0.4) is 0 Å². The first-order valence-corrected chi connectivity index (χ1v) is 7.86. The van der Waals surface area contributed by atoms with Crippen LogP contribution in [0.5, 0.6) is 5.75 Å². The number of nitro benzene ring substituents is 1. The molecule has 0 saturated carbocycles. The van der Waals surface area contributed by atoms with Crippen LogP contribution in [0.2, 0.25) is 0 Å². The number of benzene rings is 1. The second-order valence-electron chi connectivity index (χ2n) is 7.61. The van der Waals surface area contributed by atoms with Crippen molar-refractivity contribution in [2.45, 2.75) is 47.1 Å². The van der Waals surface area contributed by atoms with Crippen molar-refractivity contribution in [1.82, 2.24) is 0 Å². The fourth-order valence-corrected chi connectivity index (χ4v) is 2.03. The maximum Gasteiger partial charge on any atom is 0.375 e. The molecule has 26 heavy (non-hydrogen) atoms. The lowest BCUT2D eigenvalue weighted by molar-refractivity contribution is -0.384. The van der Waals surface area contributed by atoms with Crippen molar-refractivity contribution in [3.8, 4) is 5.75 Å². The first-order valence-electron chi connectivity index (χ1n) is 7.86. The summed E-state index contributed by atoms with van der Waals surface area (Å²) < 4.78 is 10.8. The van der Waals surface area contributed by atoms with Crippen LogP contribution < -0.4 is 4.74 Å². The summed E-state index contributed by atoms with van der Waals surface area (Å²) in [5.41, 5.74) is -2.19. The van der Waals surface area contributed by atoms with Crippen LogP contribution in [0.4, 0.5) is 5.69 Å². The molecule has 0 amide bonds. The van der Waals surface area contributed by atoms with Crippen molar-refractivity contribution in [3.63, 3.8) is 0 Å². The molecule has 0 heterocycles. The van der Waals surface area contributed by atoms with Crippen LogP contribution in [0, 0.1) is 15.5 Å². The molecule has 0 aliphatic carbocycles. The third kappa shape index (κ3) is 5.87. The summed E-state index contributed by atoms with van der Waals surface area (Å²) in [6.07, 6.45) is 0. The number of carboxylic acids is 1. The van der Waals surface area contributed by atoms with Crippen molar-refractivity contribution < 1.29 is 29.1 Å². The zero-order chi connectivity index (χ0) is 20.3. The minimum atomic E-state index is -1.32. The van der Waals surface area contributed by atoms with Gasteiger partial charge in [0, 0.05) is 12.1 Å². The van der Waals surface area contributed by atoms with Crippen molar-refractivity contribution in [2.24, 2.45) is 5.41 Å². The number of ether oxygens (including phenoxy) is 2. The lowest BCUT2D eigenvalue weighted by atomic mass is 9.85. The van der Waals surface area contributed by atoms with E-state index in [2.05, 4.69) is 0 Å². The van der Waals surface area contributed by atoms with Crippen LogP contribution in [0.25, 0.3) is 0 Å². The quantitative estimate of drug-likeness (QED) is 0.278. The molecule has 0 atom stereocenters. The largest absolute Gasteiger partial charge is 0.478 e. The van der Waals surface area contributed by atoms with Crippen molar-refractivity contribution in [3.05, 3.63) is 45.7 Å². The molecule has 142 valence electrons. The highest BCUT2D eigenvalue weighted by Gasteiger charge is 2.35. The molecule has 0 aliphatic rings. The van der Waals surface area contributed by atoms with Gasteiger partial charge >= 0.3 is 11.9 Å². The predicted molar refractivity (Wildman–Crippen MR) is 93.7 cm³/mol. The topological polar surface area (TPSA) is 116 Å². The van der Waals surface area contributed by atoms with Gasteiger partial charge in [0.25, 0.3) is 5.69 Å². The van der Waals surface area contributed by atoms with E-state index < -0.39 is 33.6 Å². The summed E-state index contributed by atoms with van der Waals surface area (Å²) in [5, 5.41) is 20.3. The van der Waals surface area contributed by atoms with E-state index in [4.69, 9.17) is 9.47 Å². The number of nitro groups is 1. The number of carbonyl (C=O) groups excluding carboxylic acids is 1. The normalized spacial score (nSPS) is 12.8. The molecule has 1 aromatic rings. The molecule has 0 radical (unpaired) electrons. The summed E-state index contributed by atoms with van der Waals surface area (Å²) >= 11 is 0. The van der Waals surface area contributed by atoms with Crippen LogP contribution in [-0.4, -0.2) is 27.6 Å². The summed E-state index contributed by atoms with van der Waals surface area (Å²) in [7, 11) is 0. The Morgan fingerprint density at radius 1 is 1.04 bits per heavy atom. The Hall–Kier alpha value is -2.90. The van der Waals surface area contributed by atoms with E-state index in [1.54, 1.807) is 41.5 Å². The Balaban J connectivity index is 3.42. The number of hydrogen-bond acceptors (Lipinski definition) is 6. The van der Waals surface area contributed by atoms with Crippen molar-refractivity contribution >= 4 is 17.6 Å². The molecule has 1 N–H and O–H groups in total. The van der Waals surface area contributed by atoms with Gasteiger partial charge in [-0.05, 0) is 38.3 Å². The number of carboxylic acid groups (broad SMARTS) is 1. The number of aliphatic carboxylic acids is 1. The summed E-state index contributed by atoms with van der Waals surface area (Å²) in [4.78, 5) is 34.5. The van der Waals surface area contributed by atoms with E-state index in [1.165, 1.54) is 24.3 Å². The van der Waals surface area contributed by atoms with Gasteiger partial charge < -0.3 is 14.6 Å². The molecule has 8 heteroatoms. The summed E-state index contributed by atoms with van der Waals surface area (Å²) in [6.45, 7) is 9.81. The van der Waals surface area contributed by atoms with E-state index in [9.17, 15) is 24.8 Å². The number of carbonyl (C=O) groups is 2. The Morgan fingerprint density at radius 2 is 1.54 bits per heavy atom. The Labute approximate surface area is 151 Å². The molecule has 1 rings (SSSR count). The summed E-state index contributed by atoms with van der Waals surface area (Å²) in [5.74, 6) is -2.63. The second kappa shape index (κ2) is 7.55. The maximum absolute atomic E-state index is 12.6. The standard InChI is InChI=1S/C18H23NO7/c1-17(2,3)13(15(20)21)14(16(22)26-18(4,5)6)25-12-9-7-11(8-10-12)19(23)24/h7-10H,1-6H3,(H,20,21). The van der Waals surface area contributed by atoms with E-state index >= 15 is 0 Å². The smallest absolute Gasteiger partial charge is 0.375 e. The molecule has 0 saturated heterocycles. The monoisotopic (exact) mass is 365 g/mol. The zero-order valence-corrected chi connectivity index (χ0v) is 15.7. The number of esters is 1. The van der Waals surface area contributed by atoms with Crippen LogP contribution in [0.1, 0.15) is 41.5 Å². The number of nitrogens with zero attached hydrogens (tertiary/aromatic N) is 1. The van der Waals surface area contributed by atoms with Crippen molar-refractivity contribution in [1.29, 1.82) is 0 Å². The first-order chi connectivity index (χ1) is 11.7. The average Bonchev–Trinajstić information content (AvgIpc) is 2.43. The fraction of sp³-hybridized carbons (Fsp3) is 0.444. The predicted octanol–water partition coefficient (Wildman–Crippen LogP) is 3.70. The van der Waals surface area contributed by atoms with E-state index in [1.807, 2.05) is 0 Å². The van der Waals surface area contributed by atoms with Gasteiger partial charge in [0.05, 0.1) is 10.5 Å². The molecule has 0 unspecified atom stereocenters. The van der Waals surface area contributed by atoms with Gasteiger partial charge in [0.1, 0.15) is 11.4 Å². The first kappa shape index (κ1) is 21.1. The average molecular weight is 365 g/mol. The molecule has 8 nitrogen and oxygen atoms in total. The van der Waals surface area contributed by atoms with Crippen molar-refractivity contribution in [2.75, 3.05) is 0 Å². The molecule has 0 aromatic heterocycles. The van der Waals surface area contributed by atoms with Crippen LogP contribution in [0.15, 0.2) is 35.6 Å². The third-order valence-corrected chi connectivity index (χ3v) is 3.04. The van der Waals surface area contributed by atoms with Gasteiger partial charge in [0.2, 0.25) is 5.76 Å². The second-order valence-corrected chi connectivity index (χ2v) is 7.61. The minimum absolute atomic E-state index is 0.0828. The van der Waals surface area contributed by atoms with E-state index in [0.29, 0.717) is 0 Å². The fourth-order valence-electron chi connectivity index (χ4n) is 2.03. The van der Waals surface area contributed by atoms with Gasteiger partial charge in [-0.25, -0.2) is 9.59 Å². The lowest BCUT2D eigenvalue weighted by Gasteiger charge is -2.25. The molecule has 0 bridgehead atoms. The zero-order valence-electron chi connectivity index (χ0n) is 15.7. The Bertz CT molecular complexity index is 734. The van der Waals surface area contributed by atoms with E-state index in [0.717, 1.165) is 0 Å². The SMILES string of the molecule is CC(C)(C)OC(=O)C(Oc1ccc([N+](=O)[O-])cc1)=C(C(=O)O)C(C)(C)C. The number of non-ortho nitro benzene ring substituents is 1. The Kier molecular flexibility index (Phi) is 6.14. The number of rotatable bonds is 5. The van der Waals surface area contributed by atoms with Crippen LogP contribution in [-0.2, 0) is 14.3 Å². The molecule has 1 aromatic carbocycles. The number of hydrogen-bond donors (Lipinski definition) is 1. The molecular formula is C18H23NO7. The Morgan fingerprint density at radius 3 is 1.88 bits per heavy atom. The van der Waals surface area contributed by atoms with Gasteiger partial charge in [-0.2, -0.15) is 0 Å².